The number of likely N-dealkylation sites (tertiary alicyclic amines) is 1. The summed E-state index contributed by atoms with van der Waals surface area (Å²) in [6.45, 7) is 10.3. The second kappa shape index (κ2) is 8.89. The Morgan fingerprint density at radius 1 is 1.30 bits per heavy atom. The molecule has 1 aromatic heterocycles. The lowest BCUT2D eigenvalue weighted by Crippen LogP contribution is -2.40. The highest BCUT2D eigenvalue weighted by Crippen LogP contribution is 2.28. The van der Waals surface area contributed by atoms with Crippen molar-refractivity contribution in [2.45, 2.75) is 33.6 Å². The molecule has 0 bridgehead atoms. The third kappa shape index (κ3) is 5.11. The lowest BCUT2D eigenvalue weighted by Gasteiger charge is -2.34. The third-order valence-electron chi connectivity index (χ3n) is 5.00. The molecule has 1 amide bonds. The summed E-state index contributed by atoms with van der Waals surface area (Å²) in [5.74, 6) is 2.18. The van der Waals surface area contributed by atoms with Crippen LogP contribution < -0.4 is 5.32 Å². The normalized spacial score (nSPS) is 20.6. The molecule has 27 heavy (non-hydrogen) atoms. The number of amides is 1. The Labute approximate surface area is 166 Å². The van der Waals surface area contributed by atoms with E-state index in [2.05, 4.69) is 29.0 Å². The number of rotatable bonds is 6. The van der Waals surface area contributed by atoms with Crippen LogP contribution in [0.4, 0.5) is 0 Å². The summed E-state index contributed by atoms with van der Waals surface area (Å²) < 4.78 is 5.66. The molecular weight excluding hydrogens is 362 g/mol. The molecule has 0 saturated carbocycles. The molecule has 0 radical (unpaired) electrons. The van der Waals surface area contributed by atoms with E-state index in [1.54, 1.807) is 13.0 Å². The van der Waals surface area contributed by atoms with E-state index in [0.717, 1.165) is 37.9 Å². The largest absolute Gasteiger partial charge is 0.441 e. The van der Waals surface area contributed by atoms with E-state index in [0.29, 0.717) is 34.5 Å². The number of piperidine rings is 1. The molecule has 1 aliphatic rings. The molecule has 2 unspecified atom stereocenters. The molecule has 0 aliphatic carbocycles. The molecule has 1 aromatic carbocycles. The minimum Gasteiger partial charge on any atom is -0.441 e. The summed E-state index contributed by atoms with van der Waals surface area (Å²) in [6, 6.07) is 7.32. The monoisotopic (exact) mass is 389 g/mol. The molecule has 0 spiro atoms. The number of aromatic nitrogens is 1. The van der Waals surface area contributed by atoms with Crippen LogP contribution in [0.25, 0.3) is 11.5 Å². The Morgan fingerprint density at radius 3 is 2.70 bits per heavy atom. The summed E-state index contributed by atoms with van der Waals surface area (Å²) >= 11 is 6.19. The summed E-state index contributed by atoms with van der Waals surface area (Å²) in [4.78, 5) is 19.3. The summed E-state index contributed by atoms with van der Waals surface area (Å²) in [6.07, 6.45) is 2.24. The van der Waals surface area contributed by atoms with Crippen LogP contribution in [0.2, 0.25) is 5.02 Å². The number of halogens is 1. The zero-order chi connectivity index (χ0) is 19.4. The molecule has 2 atom stereocenters. The summed E-state index contributed by atoms with van der Waals surface area (Å²) in [5.41, 5.74) is 1.01. The van der Waals surface area contributed by atoms with Crippen LogP contribution >= 0.6 is 11.6 Å². The van der Waals surface area contributed by atoms with Crippen LogP contribution in [0.15, 0.2) is 28.7 Å². The van der Waals surface area contributed by atoms with Gasteiger partial charge in [-0.2, -0.15) is 0 Å². The highest BCUT2D eigenvalue weighted by atomic mass is 35.5. The molecule has 1 fully saturated rings. The van der Waals surface area contributed by atoms with Gasteiger partial charge in [-0.05, 0) is 50.3 Å². The Morgan fingerprint density at radius 2 is 2.00 bits per heavy atom. The minimum atomic E-state index is -0.199. The average Bonchev–Trinajstić information content (AvgIpc) is 3.00. The molecule has 6 heteroatoms. The van der Waals surface area contributed by atoms with E-state index < -0.39 is 0 Å². The summed E-state index contributed by atoms with van der Waals surface area (Å²) in [7, 11) is 0. The minimum absolute atomic E-state index is 0.199. The number of carbonyl (C=O) groups is 1. The Kier molecular flexibility index (Phi) is 6.55. The Hall–Kier alpha value is -1.85. The number of carbonyl (C=O) groups excluding carboxylic acids is 1. The fourth-order valence-corrected chi connectivity index (χ4v) is 4.14. The molecule has 146 valence electrons. The lowest BCUT2D eigenvalue weighted by molar-refractivity contribution is 0.0941. The average molecular weight is 390 g/mol. The fraction of sp³-hybridized carbons (Fsp3) is 0.524. The third-order valence-corrected chi connectivity index (χ3v) is 5.33. The lowest BCUT2D eigenvalue weighted by atomic mass is 9.92. The van der Waals surface area contributed by atoms with Gasteiger partial charge in [0.25, 0.3) is 5.91 Å². The zero-order valence-electron chi connectivity index (χ0n) is 16.3. The van der Waals surface area contributed by atoms with Crippen LogP contribution in [0.3, 0.4) is 0 Å². The van der Waals surface area contributed by atoms with Crippen LogP contribution in [0.5, 0.6) is 0 Å². The number of oxazole rings is 1. The maximum atomic E-state index is 12.5. The first-order valence-electron chi connectivity index (χ1n) is 9.67. The van der Waals surface area contributed by atoms with E-state index in [1.807, 2.05) is 18.2 Å². The van der Waals surface area contributed by atoms with Crippen molar-refractivity contribution in [3.63, 3.8) is 0 Å². The highest BCUT2D eigenvalue weighted by Gasteiger charge is 2.22. The first kappa shape index (κ1) is 19.9. The second-order valence-electron chi connectivity index (χ2n) is 7.72. The number of hydrogen-bond donors (Lipinski definition) is 1. The molecular formula is C21H28ClN3O2. The van der Waals surface area contributed by atoms with Crippen molar-refractivity contribution in [3.8, 4) is 11.5 Å². The van der Waals surface area contributed by atoms with Crippen molar-refractivity contribution in [1.82, 2.24) is 15.2 Å². The van der Waals surface area contributed by atoms with E-state index in [1.165, 1.54) is 6.42 Å². The maximum absolute atomic E-state index is 12.5. The highest BCUT2D eigenvalue weighted by molar-refractivity contribution is 6.33. The van der Waals surface area contributed by atoms with Crippen molar-refractivity contribution in [2.75, 3.05) is 26.2 Å². The van der Waals surface area contributed by atoms with Gasteiger partial charge in [-0.1, -0.05) is 37.6 Å². The SMILES string of the molecule is Cc1oc(-c2ccccc2Cl)nc1C(=O)NCCCN1CC(C)CC(C)C1. The van der Waals surface area contributed by atoms with Gasteiger partial charge >= 0.3 is 0 Å². The van der Waals surface area contributed by atoms with Crippen molar-refractivity contribution < 1.29 is 9.21 Å². The number of hydrogen-bond acceptors (Lipinski definition) is 4. The van der Waals surface area contributed by atoms with Crippen LogP contribution in [0, 0.1) is 18.8 Å². The van der Waals surface area contributed by atoms with E-state index in [-0.39, 0.29) is 5.91 Å². The number of nitrogens with one attached hydrogen (secondary N) is 1. The standard InChI is InChI=1S/C21H28ClN3O2/c1-14-11-15(2)13-25(12-14)10-6-9-23-20(26)19-16(3)27-21(24-19)17-7-4-5-8-18(17)22/h4-5,7-8,14-15H,6,9-13H2,1-3H3,(H,23,26). The van der Waals surface area contributed by atoms with Gasteiger partial charge in [0.2, 0.25) is 5.89 Å². The molecule has 2 heterocycles. The topological polar surface area (TPSA) is 58.4 Å². The van der Waals surface area contributed by atoms with Crippen LogP contribution in [0.1, 0.15) is 42.9 Å². The van der Waals surface area contributed by atoms with Gasteiger partial charge < -0.3 is 14.6 Å². The zero-order valence-corrected chi connectivity index (χ0v) is 17.1. The van der Waals surface area contributed by atoms with Gasteiger partial charge in [0, 0.05) is 19.6 Å². The Bertz CT molecular complexity index is 779. The molecule has 1 saturated heterocycles. The van der Waals surface area contributed by atoms with Crippen molar-refractivity contribution in [1.29, 1.82) is 0 Å². The van der Waals surface area contributed by atoms with Crippen molar-refractivity contribution >= 4 is 17.5 Å². The predicted molar refractivity (Wildman–Crippen MR) is 108 cm³/mol. The molecule has 1 aliphatic heterocycles. The predicted octanol–water partition coefficient (Wildman–Crippen LogP) is 4.40. The van der Waals surface area contributed by atoms with Gasteiger partial charge in [0.1, 0.15) is 5.76 Å². The quantitative estimate of drug-likeness (QED) is 0.744. The van der Waals surface area contributed by atoms with E-state index in [4.69, 9.17) is 16.0 Å². The maximum Gasteiger partial charge on any atom is 0.273 e. The number of benzene rings is 1. The molecule has 5 nitrogen and oxygen atoms in total. The second-order valence-corrected chi connectivity index (χ2v) is 8.13. The number of nitrogens with zero attached hydrogens (tertiary/aromatic N) is 2. The van der Waals surface area contributed by atoms with Gasteiger partial charge in [-0.3, -0.25) is 4.79 Å². The Balaban J connectivity index is 1.52. The van der Waals surface area contributed by atoms with Crippen molar-refractivity contribution in [2.24, 2.45) is 11.8 Å². The van der Waals surface area contributed by atoms with E-state index >= 15 is 0 Å². The first-order valence-corrected chi connectivity index (χ1v) is 10.0. The summed E-state index contributed by atoms with van der Waals surface area (Å²) in [5, 5.41) is 3.51. The molecule has 1 N–H and O–H groups in total. The van der Waals surface area contributed by atoms with Gasteiger partial charge in [0.15, 0.2) is 5.69 Å². The first-order chi connectivity index (χ1) is 12.9. The molecule has 2 aromatic rings. The number of aryl methyl sites for hydroxylation is 1. The van der Waals surface area contributed by atoms with Gasteiger partial charge in [-0.25, -0.2) is 4.98 Å². The van der Waals surface area contributed by atoms with Crippen molar-refractivity contribution in [3.05, 3.63) is 40.7 Å². The fourth-order valence-electron chi connectivity index (χ4n) is 3.92. The van der Waals surface area contributed by atoms with Gasteiger partial charge in [-0.15, -0.1) is 0 Å². The van der Waals surface area contributed by atoms with Crippen LogP contribution in [-0.4, -0.2) is 42.0 Å². The van der Waals surface area contributed by atoms with Crippen LogP contribution in [-0.2, 0) is 0 Å². The van der Waals surface area contributed by atoms with Gasteiger partial charge in [0.05, 0.1) is 10.6 Å². The molecule has 3 rings (SSSR count). The van der Waals surface area contributed by atoms with E-state index in [9.17, 15) is 4.79 Å². The smallest absolute Gasteiger partial charge is 0.273 e.